The first kappa shape index (κ1) is 27.5. The fourth-order valence-corrected chi connectivity index (χ4v) is 5.57. The van der Waals surface area contributed by atoms with Crippen LogP contribution in [-0.2, 0) is 20.8 Å². The standard InChI is InChI=1S/C27H42N4O3S/c1-3-17-31-25(33)23(11-7-8-16-28-24(32)13-21-35-2)29-26(34)27(31)14-19-30(20-15-27)18-12-22-9-5-4-6-10-22/h4-6,9-10,23H,3,7-8,11-21H2,1-2H3,(H,28,32)(H,29,34)/t23-/m0/s1. The Morgan fingerprint density at radius 3 is 2.57 bits per heavy atom. The molecule has 2 saturated heterocycles. The summed E-state index contributed by atoms with van der Waals surface area (Å²) in [4.78, 5) is 42.9. The van der Waals surface area contributed by atoms with Crippen molar-refractivity contribution in [2.24, 2.45) is 0 Å². The Labute approximate surface area is 214 Å². The van der Waals surface area contributed by atoms with Crippen molar-refractivity contribution in [3.8, 4) is 0 Å². The highest BCUT2D eigenvalue weighted by Crippen LogP contribution is 2.34. The van der Waals surface area contributed by atoms with Crippen LogP contribution in [0.5, 0.6) is 0 Å². The van der Waals surface area contributed by atoms with Gasteiger partial charge in [0.05, 0.1) is 0 Å². The van der Waals surface area contributed by atoms with Gasteiger partial charge in [-0.15, -0.1) is 0 Å². The van der Waals surface area contributed by atoms with E-state index in [9.17, 15) is 14.4 Å². The Morgan fingerprint density at radius 1 is 1.14 bits per heavy atom. The predicted molar refractivity (Wildman–Crippen MR) is 142 cm³/mol. The van der Waals surface area contributed by atoms with Crippen LogP contribution >= 0.6 is 11.8 Å². The van der Waals surface area contributed by atoms with E-state index in [1.807, 2.05) is 17.2 Å². The highest BCUT2D eigenvalue weighted by molar-refractivity contribution is 7.98. The first-order valence-electron chi connectivity index (χ1n) is 13.1. The van der Waals surface area contributed by atoms with Crippen molar-refractivity contribution in [3.63, 3.8) is 0 Å². The maximum atomic E-state index is 13.4. The van der Waals surface area contributed by atoms with Crippen molar-refractivity contribution < 1.29 is 14.4 Å². The fraction of sp³-hybridized carbons (Fsp3) is 0.667. The van der Waals surface area contributed by atoms with Crippen molar-refractivity contribution in [1.29, 1.82) is 0 Å². The molecule has 1 atom stereocenters. The number of hydrogen-bond acceptors (Lipinski definition) is 5. The second-order valence-corrected chi connectivity index (χ2v) is 10.7. The van der Waals surface area contributed by atoms with E-state index in [1.54, 1.807) is 11.8 Å². The van der Waals surface area contributed by atoms with Crippen LogP contribution in [0.2, 0.25) is 0 Å². The van der Waals surface area contributed by atoms with Crippen molar-refractivity contribution in [2.75, 3.05) is 44.7 Å². The normalized spacial score (nSPS) is 20.2. The molecule has 0 aromatic heterocycles. The van der Waals surface area contributed by atoms with E-state index < -0.39 is 11.6 Å². The molecule has 2 aliphatic heterocycles. The summed E-state index contributed by atoms with van der Waals surface area (Å²) in [6.07, 6.45) is 7.96. The number of nitrogens with one attached hydrogen (secondary N) is 2. The van der Waals surface area contributed by atoms with Gasteiger partial charge in [-0.3, -0.25) is 14.4 Å². The molecule has 0 aliphatic carbocycles. The zero-order chi connectivity index (χ0) is 25.1. The van der Waals surface area contributed by atoms with E-state index in [1.165, 1.54) is 5.56 Å². The lowest BCUT2D eigenvalue weighted by Gasteiger charge is -2.51. The molecule has 7 nitrogen and oxygen atoms in total. The molecule has 0 bridgehead atoms. The summed E-state index contributed by atoms with van der Waals surface area (Å²) in [5.74, 6) is 0.984. The number of thioether (sulfide) groups is 1. The molecule has 3 rings (SSSR count). The monoisotopic (exact) mass is 502 g/mol. The number of carbonyl (C=O) groups is 3. The number of likely N-dealkylation sites (tertiary alicyclic amines) is 1. The van der Waals surface area contributed by atoms with Crippen LogP contribution in [0.3, 0.4) is 0 Å². The minimum Gasteiger partial charge on any atom is -0.356 e. The SMILES string of the molecule is CCCN1C(=O)[C@H](CCCCNC(=O)CCSC)NC(=O)C12CCN(CCc1ccccc1)CC2. The molecule has 0 unspecified atom stereocenters. The second-order valence-electron chi connectivity index (χ2n) is 9.71. The van der Waals surface area contributed by atoms with Crippen LogP contribution < -0.4 is 10.6 Å². The van der Waals surface area contributed by atoms with E-state index in [0.717, 1.165) is 51.1 Å². The highest BCUT2D eigenvalue weighted by Gasteiger charge is 2.52. The van der Waals surface area contributed by atoms with Crippen molar-refractivity contribution in [3.05, 3.63) is 35.9 Å². The Balaban J connectivity index is 1.49. The predicted octanol–water partition coefficient (Wildman–Crippen LogP) is 2.84. The molecule has 194 valence electrons. The third-order valence-corrected chi connectivity index (χ3v) is 7.89. The van der Waals surface area contributed by atoms with Gasteiger partial charge >= 0.3 is 0 Å². The lowest BCUT2D eigenvalue weighted by molar-refractivity contribution is -0.161. The molecule has 35 heavy (non-hydrogen) atoms. The second kappa shape index (κ2) is 13.9. The van der Waals surface area contributed by atoms with Crippen LogP contribution in [0.15, 0.2) is 30.3 Å². The first-order chi connectivity index (χ1) is 17.0. The van der Waals surface area contributed by atoms with Gasteiger partial charge < -0.3 is 20.4 Å². The Bertz CT molecular complexity index is 827. The van der Waals surface area contributed by atoms with Crippen LogP contribution in [0.1, 0.15) is 57.4 Å². The van der Waals surface area contributed by atoms with Gasteiger partial charge in [0.1, 0.15) is 11.6 Å². The van der Waals surface area contributed by atoms with E-state index in [0.29, 0.717) is 38.8 Å². The molecule has 1 spiro atoms. The van der Waals surface area contributed by atoms with E-state index >= 15 is 0 Å². The number of piperazine rings is 1. The number of carbonyl (C=O) groups excluding carboxylic acids is 3. The summed E-state index contributed by atoms with van der Waals surface area (Å²) in [7, 11) is 0. The molecule has 1 aromatic rings. The van der Waals surface area contributed by atoms with Crippen LogP contribution in [-0.4, -0.2) is 83.8 Å². The maximum absolute atomic E-state index is 13.4. The van der Waals surface area contributed by atoms with Gasteiger partial charge in [0.25, 0.3) is 0 Å². The number of amides is 3. The zero-order valence-corrected chi connectivity index (χ0v) is 22.2. The Hall–Kier alpha value is -2.06. The van der Waals surface area contributed by atoms with E-state index in [4.69, 9.17) is 0 Å². The third-order valence-electron chi connectivity index (χ3n) is 7.27. The number of unbranched alkanes of at least 4 members (excludes halogenated alkanes) is 1. The number of nitrogens with zero attached hydrogens (tertiary/aromatic N) is 2. The lowest BCUT2D eigenvalue weighted by Crippen LogP contribution is -2.72. The average Bonchev–Trinajstić information content (AvgIpc) is 2.88. The summed E-state index contributed by atoms with van der Waals surface area (Å²) in [5, 5.41) is 6.01. The number of rotatable bonds is 13. The molecular weight excluding hydrogens is 460 g/mol. The van der Waals surface area contributed by atoms with Gasteiger partial charge in [0.15, 0.2) is 0 Å². The topological polar surface area (TPSA) is 81.8 Å². The minimum absolute atomic E-state index is 0.0172. The average molecular weight is 503 g/mol. The third kappa shape index (κ3) is 7.46. The number of hydrogen-bond donors (Lipinski definition) is 2. The lowest BCUT2D eigenvalue weighted by atomic mass is 9.81. The van der Waals surface area contributed by atoms with Gasteiger partial charge in [-0.2, -0.15) is 11.8 Å². The number of piperidine rings is 1. The molecule has 0 saturated carbocycles. The summed E-state index contributed by atoms with van der Waals surface area (Å²) in [6, 6.07) is 10.0. The van der Waals surface area contributed by atoms with Gasteiger partial charge in [-0.25, -0.2) is 0 Å². The van der Waals surface area contributed by atoms with Gasteiger partial charge in [-0.1, -0.05) is 37.3 Å². The molecule has 3 amide bonds. The van der Waals surface area contributed by atoms with Crippen LogP contribution in [0.25, 0.3) is 0 Å². The van der Waals surface area contributed by atoms with Crippen molar-refractivity contribution in [2.45, 2.75) is 69.9 Å². The highest BCUT2D eigenvalue weighted by atomic mass is 32.2. The van der Waals surface area contributed by atoms with Crippen LogP contribution in [0, 0.1) is 0 Å². The molecule has 2 fully saturated rings. The van der Waals surface area contributed by atoms with Crippen molar-refractivity contribution >= 4 is 29.5 Å². The molecule has 8 heteroatoms. The van der Waals surface area contributed by atoms with Crippen LogP contribution in [0.4, 0.5) is 0 Å². The van der Waals surface area contributed by atoms with E-state index in [2.05, 4.69) is 46.7 Å². The Kier molecular flexibility index (Phi) is 10.9. The summed E-state index contributed by atoms with van der Waals surface area (Å²) >= 11 is 1.66. The van der Waals surface area contributed by atoms with Gasteiger partial charge in [0.2, 0.25) is 17.7 Å². The minimum atomic E-state index is -0.710. The summed E-state index contributed by atoms with van der Waals surface area (Å²) in [5.41, 5.74) is 0.617. The smallest absolute Gasteiger partial charge is 0.246 e. The number of benzene rings is 1. The van der Waals surface area contributed by atoms with Gasteiger partial charge in [0, 0.05) is 44.9 Å². The molecule has 2 aliphatic rings. The summed E-state index contributed by atoms with van der Waals surface area (Å²) < 4.78 is 0. The quantitative estimate of drug-likeness (QED) is 0.406. The molecule has 2 N–H and O–H groups in total. The van der Waals surface area contributed by atoms with Gasteiger partial charge in [-0.05, 0) is 56.8 Å². The fourth-order valence-electron chi connectivity index (χ4n) is 5.18. The van der Waals surface area contributed by atoms with Crippen molar-refractivity contribution in [1.82, 2.24) is 20.4 Å². The largest absolute Gasteiger partial charge is 0.356 e. The summed E-state index contributed by atoms with van der Waals surface area (Å²) in [6.45, 7) is 5.93. The molecular formula is C27H42N4O3S. The first-order valence-corrected chi connectivity index (χ1v) is 14.5. The Morgan fingerprint density at radius 2 is 1.89 bits per heavy atom. The maximum Gasteiger partial charge on any atom is 0.246 e. The molecule has 0 radical (unpaired) electrons. The molecule has 2 heterocycles. The molecule has 1 aromatic carbocycles. The zero-order valence-electron chi connectivity index (χ0n) is 21.4. The van der Waals surface area contributed by atoms with E-state index in [-0.39, 0.29) is 17.7 Å².